The fraction of sp³-hybridized carbons (Fsp3) is 0.385. The van der Waals surface area contributed by atoms with E-state index < -0.39 is 22.4 Å². The molecule has 0 bridgehead atoms. The van der Waals surface area contributed by atoms with E-state index in [2.05, 4.69) is 21.8 Å². The van der Waals surface area contributed by atoms with Crippen molar-refractivity contribution in [3.63, 3.8) is 0 Å². The van der Waals surface area contributed by atoms with Gasteiger partial charge in [-0.15, -0.1) is 0 Å². The number of halogens is 2. The number of benzene rings is 2. The third-order valence-electron chi connectivity index (χ3n) is 6.82. The van der Waals surface area contributed by atoms with Gasteiger partial charge >= 0.3 is 0 Å². The minimum atomic E-state index is -1.10. The first kappa shape index (κ1) is 22.9. The minimum absolute atomic E-state index is 0.288. The lowest BCUT2D eigenvalue weighted by molar-refractivity contribution is 0.257. The monoisotopic (exact) mass is 483 g/mol. The van der Waals surface area contributed by atoms with Gasteiger partial charge in [0.25, 0.3) is 0 Å². The molecule has 178 valence electrons. The Morgan fingerprint density at radius 2 is 1.65 bits per heavy atom. The second kappa shape index (κ2) is 9.41. The smallest absolute Gasteiger partial charge is 0.225 e. The highest BCUT2D eigenvalue weighted by Gasteiger charge is 2.56. The van der Waals surface area contributed by atoms with Crippen LogP contribution in [-0.4, -0.2) is 40.1 Å². The molecule has 2 fully saturated rings. The van der Waals surface area contributed by atoms with Crippen LogP contribution in [0.1, 0.15) is 18.9 Å². The Balaban J connectivity index is 1.18. The van der Waals surface area contributed by atoms with Gasteiger partial charge in [-0.3, -0.25) is 4.21 Å². The molecule has 1 aliphatic heterocycles. The van der Waals surface area contributed by atoms with E-state index in [9.17, 15) is 13.0 Å². The Bertz CT molecular complexity index is 1170. The van der Waals surface area contributed by atoms with Crippen LogP contribution < -0.4 is 9.64 Å². The average Bonchev–Trinajstić information content (AvgIpc) is 3.27. The standard InChI is InChI=1S/C26H27F2N3O2S/c1-3-4-16-11-29-26(30-12-16)31-13-20-21(14-31)22(20)15-33-25-23(27)9-18(10-24(25)28)17-5-7-19(8-6-17)34(2)32/h5-12,20-22H,3-4,13-15H2,1-2H3. The number of aryl methyl sites for hydroxylation is 1. The van der Waals surface area contributed by atoms with Crippen LogP contribution in [0.25, 0.3) is 11.1 Å². The molecule has 1 aliphatic carbocycles. The van der Waals surface area contributed by atoms with Crippen molar-refractivity contribution in [2.75, 3.05) is 30.9 Å². The molecule has 2 aromatic carbocycles. The lowest BCUT2D eigenvalue weighted by atomic mass is 10.1. The van der Waals surface area contributed by atoms with Crippen molar-refractivity contribution < 1.29 is 17.7 Å². The molecule has 3 unspecified atom stereocenters. The summed E-state index contributed by atoms with van der Waals surface area (Å²) in [4.78, 5) is 11.8. The molecule has 2 aliphatic rings. The average molecular weight is 484 g/mol. The molecule has 5 nitrogen and oxygen atoms in total. The molecule has 8 heteroatoms. The quantitative estimate of drug-likeness (QED) is 0.458. The van der Waals surface area contributed by atoms with Gasteiger partial charge in [0.15, 0.2) is 17.4 Å². The van der Waals surface area contributed by atoms with E-state index in [1.54, 1.807) is 30.5 Å². The summed E-state index contributed by atoms with van der Waals surface area (Å²) < 4.78 is 46.5. The highest BCUT2D eigenvalue weighted by Crippen LogP contribution is 2.52. The van der Waals surface area contributed by atoms with E-state index in [-0.39, 0.29) is 11.7 Å². The third-order valence-corrected chi connectivity index (χ3v) is 7.76. The summed E-state index contributed by atoms with van der Waals surface area (Å²) in [7, 11) is -1.10. The summed E-state index contributed by atoms with van der Waals surface area (Å²) in [6.45, 7) is 4.11. The fourth-order valence-corrected chi connectivity index (χ4v) is 5.39. The SMILES string of the molecule is CCCc1cnc(N2CC3C(COc4c(F)cc(-c5ccc(S(C)=O)cc5)cc4F)C3C2)nc1. The summed E-state index contributed by atoms with van der Waals surface area (Å²) >= 11 is 0. The molecular weight excluding hydrogens is 456 g/mol. The van der Waals surface area contributed by atoms with Crippen LogP contribution in [0.5, 0.6) is 5.75 Å². The Hall–Kier alpha value is -2.87. The molecule has 34 heavy (non-hydrogen) atoms. The first-order valence-electron chi connectivity index (χ1n) is 11.6. The number of ether oxygens (including phenoxy) is 1. The lowest BCUT2D eigenvalue weighted by Crippen LogP contribution is -2.27. The molecule has 0 amide bonds. The molecule has 3 atom stereocenters. The first-order valence-corrected chi connectivity index (χ1v) is 13.1. The molecule has 0 radical (unpaired) electrons. The van der Waals surface area contributed by atoms with E-state index in [0.29, 0.717) is 34.5 Å². The summed E-state index contributed by atoms with van der Waals surface area (Å²) in [5.74, 6) is 0.150. The zero-order valence-electron chi connectivity index (χ0n) is 19.2. The minimum Gasteiger partial charge on any atom is -0.487 e. The Morgan fingerprint density at radius 1 is 1.03 bits per heavy atom. The topological polar surface area (TPSA) is 55.3 Å². The van der Waals surface area contributed by atoms with Crippen LogP contribution in [0.4, 0.5) is 14.7 Å². The Kier molecular flexibility index (Phi) is 6.34. The van der Waals surface area contributed by atoms with Gasteiger partial charge in [0.05, 0.1) is 6.61 Å². The maximum atomic E-state index is 14.7. The van der Waals surface area contributed by atoms with Crippen LogP contribution in [0.3, 0.4) is 0 Å². The van der Waals surface area contributed by atoms with Gasteiger partial charge < -0.3 is 9.64 Å². The molecule has 5 rings (SSSR count). The van der Waals surface area contributed by atoms with E-state index in [4.69, 9.17) is 4.74 Å². The number of rotatable bonds is 8. The van der Waals surface area contributed by atoms with Crippen molar-refractivity contribution in [3.05, 3.63) is 66.0 Å². The van der Waals surface area contributed by atoms with Gasteiger partial charge in [-0.25, -0.2) is 18.7 Å². The van der Waals surface area contributed by atoms with Crippen LogP contribution in [-0.2, 0) is 17.2 Å². The number of aromatic nitrogens is 2. The number of fused-ring (bicyclic) bond motifs is 1. The molecule has 0 spiro atoms. The van der Waals surface area contributed by atoms with E-state index in [1.165, 1.54) is 12.1 Å². The van der Waals surface area contributed by atoms with Crippen LogP contribution in [0.2, 0.25) is 0 Å². The van der Waals surface area contributed by atoms with Gasteiger partial charge in [-0.1, -0.05) is 25.5 Å². The van der Waals surface area contributed by atoms with E-state index in [1.807, 2.05) is 12.4 Å². The largest absolute Gasteiger partial charge is 0.487 e. The molecule has 1 saturated carbocycles. The van der Waals surface area contributed by atoms with Crippen LogP contribution >= 0.6 is 0 Å². The number of piperidine rings is 1. The van der Waals surface area contributed by atoms with Crippen molar-refractivity contribution in [2.24, 2.45) is 17.8 Å². The maximum absolute atomic E-state index is 14.7. The maximum Gasteiger partial charge on any atom is 0.225 e. The predicted octanol–water partition coefficient (Wildman–Crippen LogP) is 4.87. The zero-order chi connectivity index (χ0) is 23.8. The predicted molar refractivity (Wildman–Crippen MR) is 128 cm³/mol. The zero-order valence-corrected chi connectivity index (χ0v) is 20.0. The number of hydrogen-bond acceptors (Lipinski definition) is 5. The number of nitrogens with zero attached hydrogens (tertiary/aromatic N) is 3. The second-order valence-corrected chi connectivity index (χ2v) is 10.5. The summed E-state index contributed by atoms with van der Waals surface area (Å²) in [6.07, 6.45) is 7.42. The summed E-state index contributed by atoms with van der Waals surface area (Å²) in [5.41, 5.74) is 2.21. The number of anilines is 1. The van der Waals surface area contributed by atoms with Gasteiger partial charge in [-0.05, 0) is 59.2 Å². The van der Waals surface area contributed by atoms with Crippen LogP contribution in [0.15, 0.2) is 53.7 Å². The highest BCUT2D eigenvalue weighted by atomic mass is 32.2. The molecule has 0 N–H and O–H groups in total. The summed E-state index contributed by atoms with van der Waals surface area (Å²) in [5, 5.41) is 0. The third kappa shape index (κ3) is 4.56. The van der Waals surface area contributed by atoms with Gasteiger partial charge in [-0.2, -0.15) is 0 Å². The highest BCUT2D eigenvalue weighted by molar-refractivity contribution is 7.84. The normalized spacial score (nSPS) is 21.9. The molecule has 2 heterocycles. The van der Waals surface area contributed by atoms with Gasteiger partial charge in [0, 0.05) is 53.4 Å². The lowest BCUT2D eigenvalue weighted by Gasteiger charge is -2.20. The summed E-state index contributed by atoms with van der Waals surface area (Å²) in [6, 6.07) is 9.39. The Labute approximate surface area is 200 Å². The molecule has 3 aromatic rings. The van der Waals surface area contributed by atoms with Gasteiger partial charge in [0.1, 0.15) is 0 Å². The van der Waals surface area contributed by atoms with Crippen molar-refractivity contribution in [1.82, 2.24) is 9.97 Å². The molecule has 1 saturated heterocycles. The van der Waals surface area contributed by atoms with E-state index >= 15 is 0 Å². The fourth-order valence-electron chi connectivity index (χ4n) is 4.87. The van der Waals surface area contributed by atoms with Gasteiger partial charge in [0.2, 0.25) is 5.95 Å². The van der Waals surface area contributed by atoms with Crippen molar-refractivity contribution in [1.29, 1.82) is 0 Å². The first-order chi connectivity index (χ1) is 16.4. The van der Waals surface area contributed by atoms with Crippen molar-refractivity contribution in [2.45, 2.75) is 24.7 Å². The molecular formula is C26H27F2N3O2S. The number of hydrogen-bond donors (Lipinski definition) is 0. The van der Waals surface area contributed by atoms with Crippen molar-refractivity contribution in [3.8, 4) is 16.9 Å². The second-order valence-electron chi connectivity index (χ2n) is 9.10. The van der Waals surface area contributed by atoms with E-state index in [0.717, 1.165) is 37.4 Å². The van der Waals surface area contributed by atoms with Crippen molar-refractivity contribution >= 4 is 16.7 Å². The molecule has 1 aromatic heterocycles. The Morgan fingerprint density at radius 3 is 2.21 bits per heavy atom. The van der Waals surface area contributed by atoms with Crippen LogP contribution in [0, 0.1) is 29.4 Å².